The lowest BCUT2D eigenvalue weighted by atomic mass is 9.98. The van der Waals surface area contributed by atoms with Gasteiger partial charge in [0.25, 0.3) is 0 Å². The van der Waals surface area contributed by atoms with Crippen molar-refractivity contribution in [2.45, 2.75) is 58.4 Å². The quantitative estimate of drug-likeness (QED) is 0.112. The molecule has 1 aliphatic rings. The second kappa shape index (κ2) is 15.2. The summed E-state index contributed by atoms with van der Waals surface area (Å²) in [5, 5.41) is 0. The van der Waals surface area contributed by atoms with E-state index < -0.39 is 41.2 Å². The summed E-state index contributed by atoms with van der Waals surface area (Å²) in [5.41, 5.74) is 0.282. The summed E-state index contributed by atoms with van der Waals surface area (Å²) in [4.78, 5) is 0. The normalized spacial score (nSPS) is 16.9. The molecule has 0 N–H and O–H groups in total. The van der Waals surface area contributed by atoms with Crippen LogP contribution >= 0.6 is 0 Å². The molecular weight excluding hydrogens is 618 g/mol. The number of benzene rings is 4. The van der Waals surface area contributed by atoms with Crippen molar-refractivity contribution in [3.05, 3.63) is 119 Å². The lowest BCUT2D eigenvalue weighted by molar-refractivity contribution is -0.206. The van der Waals surface area contributed by atoms with Crippen LogP contribution in [0.1, 0.15) is 68.9 Å². The lowest BCUT2D eigenvalue weighted by Crippen LogP contribution is -2.28. The Morgan fingerprint density at radius 1 is 0.745 bits per heavy atom. The molecule has 1 fully saturated rings. The molecule has 0 aromatic heterocycles. The Bertz CT molecular complexity index is 1670. The molecule has 47 heavy (non-hydrogen) atoms. The van der Waals surface area contributed by atoms with Gasteiger partial charge in [-0.15, -0.1) is 0 Å². The minimum atomic E-state index is -4.35. The molecule has 0 aliphatic carbocycles. The summed E-state index contributed by atoms with van der Waals surface area (Å²) < 4.78 is 106. The predicted molar refractivity (Wildman–Crippen MR) is 170 cm³/mol. The highest BCUT2D eigenvalue weighted by Gasteiger charge is 2.42. The predicted octanol–water partition coefficient (Wildman–Crippen LogP) is 11.4. The Balaban J connectivity index is 1.25. The van der Waals surface area contributed by atoms with Crippen molar-refractivity contribution in [1.29, 1.82) is 0 Å². The largest absolute Gasteiger partial charge is 0.432 e. The van der Waals surface area contributed by atoms with Crippen LogP contribution < -0.4 is 4.74 Å². The maximum Gasteiger partial charge on any atom is 0.432 e. The monoisotopic (exact) mass is 654 g/mol. The fourth-order valence-electron chi connectivity index (χ4n) is 5.51. The molecule has 4 aromatic carbocycles. The molecular formula is C38H36F6O3. The molecule has 4 aromatic rings. The average molecular weight is 655 g/mol. The van der Waals surface area contributed by atoms with E-state index >= 15 is 13.2 Å². The van der Waals surface area contributed by atoms with Gasteiger partial charge in [0, 0.05) is 22.6 Å². The highest BCUT2D eigenvalue weighted by Crippen LogP contribution is 2.38. The molecule has 1 heterocycles. The number of alkyl halides is 2. The fourth-order valence-corrected chi connectivity index (χ4v) is 5.51. The van der Waals surface area contributed by atoms with Crippen LogP contribution in [0.15, 0.2) is 78.9 Å². The van der Waals surface area contributed by atoms with Gasteiger partial charge in [0.2, 0.25) is 0 Å². The smallest absolute Gasteiger partial charge is 0.429 e. The Labute approximate surface area is 270 Å². The summed E-state index contributed by atoms with van der Waals surface area (Å²) in [6, 6.07) is 15.6. The van der Waals surface area contributed by atoms with Crippen molar-refractivity contribution in [3.63, 3.8) is 0 Å². The Morgan fingerprint density at radius 3 is 2.00 bits per heavy atom. The second-order valence-electron chi connectivity index (χ2n) is 11.6. The molecule has 0 amide bonds. The summed E-state index contributed by atoms with van der Waals surface area (Å²) in [7, 11) is 0. The van der Waals surface area contributed by atoms with Crippen LogP contribution in [-0.2, 0) is 15.6 Å². The number of ether oxygens (including phenoxy) is 3. The van der Waals surface area contributed by atoms with Gasteiger partial charge >= 0.3 is 6.11 Å². The first kappa shape index (κ1) is 34.3. The van der Waals surface area contributed by atoms with Gasteiger partial charge in [-0.3, -0.25) is 0 Å². The van der Waals surface area contributed by atoms with E-state index in [1.54, 1.807) is 24.3 Å². The van der Waals surface area contributed by atoms with Crippen LogP contribution in [0.25, 0.3) is 28.3 Å². The van der Waals surface area contributed by atoms with E-state index in [4.69, 9.17) is 14.2 Å². The van der Waals surface area contributed by atoms with Gasteiger partial charge in [0.05, 0.1) is 13.2 Å². The van der Waals surface area contributed by atoms with Crippen molar-refractivity contribution in [2.75, 3.05) is 13.2 Å². The molecule has 0 radical (unpaired) electrons. The summed E-state index contributed by atoms with van der Waals surface area (Å²) >= 11 is 0. The van der Waals surface area contributed by atoms with Crippen molar-refractivity contribution in [3.8, 4) is 28.0 Å². The number of halogens is 6. The third-order valence-corrected chi connectivity index (χ3v) is 8.06. The van der Waals surface area contributed by atoms with Crippen molar-refractivity contribution < 1.29 is 40.6 Å². The maximum absolute atomic E-state index is 15.1. The standard InChI is InChI=1S/C38H36F6O3/c1-3-5-7-8-24-22-45-37(46-23-24)29-20-34(41)36(35(42)21-29)38(43,44)47-30-15-12-25(13-16-30)27-14-17-31(33(40)18-27)28-11-10-26(9-6-4-2)32(39)19-28/h6,9-21,24,37H,3-5,7-8,22-23H2,1-2H3. The lowest BCUT2D eigenvalue weighted by Gasteiger charge is -2.30. The third kappa shape index (κ3) is 8.26. The molecule has 3 nitrogen and oxygen atoms in total. The number of rotatable bonds is 12. The number of hydrogen-bond donors (Lipinski definition) is 0. The highest BCUT2D eigenvalue weighted by atomic mass is 19.3. The second-order valence-corrected chi connectivity index (χ2v) is 11.6. The Kier molecular flexibility index (Phi) is 11.1. The van der Waals surface area contributed by atoms with E-state index in [9.17, 15) is 13.2 Å². The molecule has 0 spiro atoms. The number of hydrogen-bond acceptors (Lipinski definition) is 3. The minimum Gasteiger partial charge on any atom is -0.429 e. The SMILES string of the molecule is CCC=Cc1ccc(-c2ccc(-c3ccc(OC(F)(F)c4c(F)cc(C5OCC(CCCCC)CO5)cc4F)cc3)cc2F)cc1F. The zero-order chi connectivity index (χ0) is 33.6. The van der Waals surface area contributed by atoms with E-state index in [0.29, 0.717) is 35.5 Å². The molecule has 0 atom stereocenters. The van der Waals surface area contributed by atoms with Crippen molar-refractivity contribution in [1.82, 2.24) is 0 Å². The molecule has 0 saturated carbocycles. The van der Waals surface area contributed by atoms with Gasteiger partial charge < -0.3 is 14.2 Å². The van der Waals surface area contributed by atoms with Crippen LogP contribution in [-0.4, -0.2) is 13.2 Å². The maximum atomic E-state index is 15.1. The van der Waals surface area contributed by atoms with Gasteiger partial charge in [0.1, 0.15) is 34.6 Å². The average Bonchev–Trinajstić information content (AvgIpc) is 3.04. The van der Waals surface area contributed by atoms with E-state index in [2.05, 4.69) is 6.92 Å². The first-order chi connectivity index (χ1) is 22.6. The molecule has 9 heteroatoms. The van der Waals surface area contributed by atoms with Gasteiger partial charge in [-0.05, 0) is 65.9 Å². The van der Waals surface area contributed by atoms with Crippen LogP contribution in [0.5, 0.6) is 5.75 Å². The zero-order valence-electron chi connectivity index (χ0n) is 26.2. The first-order valence-corrected chi connectivity index (χ1v) is 15.8. The minimum absolute atomic E-state index is 0.0413. The van der Waals surface area contributed by atoms with Crippen LogP contribution in [0.2, 0.25) is 0 Å². The first-order valence-electron chi connectivity index (χ1n) is 15.8. The number of allylic oxidation sites excluding steroid dienone is 1. The summed E-state index contributed by atoms with van der Waals surface area (Å²) in [6.45, 7) is 4.72. The van der Waals surface area contributed by atoms with E-state index in [1.807, 2.05) is 13.0 Å². The fraction of sp³-hybridized carbons (Fsp3) is 0.316. The Morgan fingerprint density at radius 2 is 1.38 bits per heavy atom. The van der Waals surface area contributed by atoms with Gasteiger partial charge in [-0.2, -0.15) is 8.78 Å². The highest BCUT2D eigenvalue weighted by molar-refractivity contribution is 5.72. The van der Waals surface area contributed by atoms with E-state index in [-0.39, 0.29) is 22.8 Å². The number of unbranched alkanes of at least 4 members (excludes halogenated alkanes) is 2. The topological polar surface area (TPSA) is 27.7 Å². The van der Waals surface area contributed by atoms with Crippen molar-refractivity contribution in [2.24, 2.45) is 5.92 Å². The molecule has 1 aliphatic heterocycles. The molecule has 0 unspecified atom stereocenters. The molecule has 248 valence electrons. The van der Waals surface area contributed by atoms with E-state index in [1.165, 1.54) is 42.5 Å². The zero-order valence-corrected chi connectivity index (χ0v) is 26.2. The van der Waals surface area contributed by atoms with Gasteiger partial charge in [0.15, 0.2) is 6.29 Å². The van der Waals surface area contributed by atoms with Crippen LogP contribution in [0, 0.1) is 29.2 Å². The van der Waals surface area contributed by atoms with Crippen LogP contribution in [0.4, 0.5) is 26.3 Å². The summed E-state index contributed by atoms with van der Waals surface area (Å²) in [6.07, 6.45) is 2.93. The molecule has 0 bridgehead atoms. The van der Waals surface area contributed by atoms with Gasteiger partial charge in [-0.1, -0.05) is 81.7 Å². The summed E-state index contributed by atoms with van der Waals surface area (Å²) in [5.74, 6) is -4.27. The van der Waals surface area contributed by atoms with Crippen molar-refractivity contribution >= 4 is 6.08 Å². The van der Waals surface area contributed by atoms with Gasteiger partial charge in [-0.25, -0.2) is 17.6 Å². The van der Waals surface area contributed by atoms with Crippen LogP contribution in [0.3, 0.4) is 0 Å². The third-order valence-electron chi connectivity index (χ3n) is 8.06. The molecule has 5 rings (SSSR count). The molecule has 1 saturated heterocycles. The Hall–Kier alpha value is -4.08. The van der Waals surface area contributed by atoms with E-state index in [0.717, 1.165) is 44.2 Å².